The average Bonchev–Trinajstić information content (AvgIpc) is 2.35. The molecule has 0 heterocycles. The summed E-state index contributed by atoms with van der Waals surface area (Å²) >= 11 is 0. The average molecular weight is 269 g/mol. The molecule has 4 bridgehead atoms. The molecular weight excluding hydrogens is 242 g/mol. The molecule has 0 amide bonds. The summed E-state index contributed by atoms with van der Waals surface area (Å²) < 4.78 is 6.18. The second-order valence-corrected chi connectivity index (χ2v) is 6.99. The highest BCUT2D eigenvalue weighted by atomic mass is 16.5. The van der Waals surface area contributed by atoms with Crippen LogP contribution in [0.3, 0.4) is 0 Å². The molecule has 4 aliphatic rings. The molecule has 0 aromatic heterocycles. The Morgan fingerprint density at radius 2 is 1.68 bits per heavy atom. The van der Waals surface area contributed by atoms with Crippen molar-refractivity contribution in [2.75, 3.05) is 26.3 Å². The molecule has 3 N–H and O–H groups in total. The molecule has 1 unspecified atom stereocenters. The SMILES string of the molecule is OCCNCC(O)COC12CC3CC(CC(C3)C1)C2. The molecular formula is C15H27NO3. The fraction of sp³-hybridized carbons (Fsp3) is 1.00. The Balaban J connectivity index is 1.47. The van der Waals surface area contributed by atoms with Crippen LogP contribution in [0, 0.1) is 17.8 Å². The van der Waals surface area contributed by atoms with Crippen LogP contribution in [-0.2, 0) is 4.74 Å². The minimum atomic E-state index is -0.459. The monoisotopic (exact) mass is 269 g/mol. The van der Waals surface area contributed by atoms with Crippen LogP contribution < -0.4 is 5.32 Å². The molecule has 4 saturated carbocycles. The summed E-state index contributed by atoms with van der Waals surface area (Å²) in [5.74, 6) is 2.66. The molecule has 4 aliphatic carbocycles. The van der Waals surface area contributed by atoms with Gasteiger partial charge in [-0.2, -0.15) is 0 Å². The van der Waals surface area contributed by atoms with Gasteiger partial charge >= 0.3 is 0 Å². The summed E-state index contributed by atoms with van der Waals surface area (Å²) in [7, 11) is 0. The second kappa shape index (κ2) is 5.68. The van der Waals surface area contributed by atoms with Gasteiger partial charge in [-0.25, -0.2) is 0 Å². The van der Waals surface area contributed by atoms with E-state index >= 15 is 0 Å². The highest BCUT2D eigenvalue weighted by Crippen LogP contribution is 2.57. The molecule has 0 radical (unpaired) electrons. The predicted molar refractivity (Wildman–Crippen MR) is 72.8 cm³/mol. The van der Waals surface area contributed by atoms with Crippen LogP contribution >= 0.6 is 0 Å². The van der Waals surface area contributed by atoms with E-state index < -0.39 is 6.10 Å². The van der Waals surface area contributed by atoms with Gasteiger partial charge < -0.3 is 20.3 Å². The van der Waals surface area contributed by atoms with E-state index in [0.29, 0.717) is 19.7 Å². The topological polar surface area (TPSA) is 61.7 Å². The van der Waals surface area contributed by atoms with Crippen molar-refractivity contribution < 1.29 is 14.9 Å². The lowest BCUT2D eigenvalue weighted by Crippen LogP contribution is -2.53. The van der Waals surface area contributed by atoms with Gasteiger partial charge in [0.2, 0.25) is 0 Å². The molecule has 4 fully saturated rings. The minimum absolute atomic E-state index is 0.0900. The lowest BCUT2D eigenvalue weighted by molar-refractivity contribution is -0.174. The van der Waals surface area contributed by atoms with Crippen LogP contribution in [0.15, 0.2) is 0 Å². The second-order valence-electron chi connectivity index (χ2n) is 6.99. The summed E-state index contributed by atoms with van der Waals surface area (Å²) in [4.78, 5) is 0. The van der Waals surface area contributed by atoms with E-state index in [9.17, 15) is 5.11 Å². The van der Waals surface area contributed by atoms with Crippen molar-refractivity contribution in [3.05, 3.63) is 0 Å². The van der Waals surface area contributed by atoms with E-state index in [0.717, 1.165) is 17.8 Å². The first-order valence-corrected chi connectivity index (χ1v) is 7.83. The lowest BCUT2D eigenvalue weighted by atomic mass is 9.54. The third kappa shape index (κ3) is 3.13. The van der Waals surface area contributed by atoms with Crippen molar-refractivity contribution in [1.29, 1.82) is 0 Å². The van der Waals surface area contributed by atoms with Gasteiger partial charge in [-0.05, 0) is 56.3 Å². The molecule has 4 rings (SSSR count). The Morgan fingerprint density at radius 3 is 2.21 bits per heavy atom. The van der Waals surface area contributed by atoms with Crippen LogP contribution in [0.4, 0.5) is 0 Å². The maximum atomic E-state index is 9.91. The van der Waals surface area contributed by atoms with E-state index in [-0.39, 0.29) is 12.2 Å². The quantitative estimate of drug-likeness (QED) is 0.601. The highest BCUT2D eigenvalue weighted by Gasteiger charge is 2.51. The lowest BCUT2D eigenvalue weighted by Gasteiger charge is -2.56. The Bertz CT molecular complexity index is 272. The third-order valence-electron chi connectivity index (χ3n) is 5.23. The van der Waals surface area contributed by atoms with Crippen molar-refractivity contribution in [3.8, 4) is 0 Å². The minimum Gasteiger partial charge on any atom is -0.395 e. The number of aliphatic hydroxyl groups is 2. The van der Waals surface area contributed by atoms with E-state index in [1.165, 1.54) is 38.5 Å². The summed E-state index contributed by atoms with van der Waals surface area (Å²) in [6.07, 6.45) is 7.45. The van der Waals surface area contributed by atoms with Gasteiger partial charge in [-0.1, -0.05) is 0 Å². The Hall–Kier alpha value is -0.160. The third-order valence-corrected chi connectivity index (χ3v) is 5.23. The number of ether oxygens (including phenoxy) is 1. The summed E-state index contributed by atoms with van der Waals surface area (Å²) in [6.45, 7) is 1.59. The predicted octanol–water partition coefficient (Wildman–Crippen LogP) is 0.915. The van der Waals surface area contributed by atoms with Crippen molar-refractivity contribution in [1.82, 2.24) is 5.32 Å². The van der Waals surface area contributed by atoms with Gasteiger partial charge in [0.05, 0.1) is 24.9 Å². The van der Waals surface area contributed by atoms with Crippen molar-refractivity contribution in [3.63, 3.8) is 0 Å². The van der Waals surface area contributed by atoms with Crippen LogP contribution in [0.25, 0.3) is 0 Å². The van der Waals surface area contributed by atoms with E-state index in [1.807, 2.05) is 0 Å². The zero-order chi connectivity index (χ0) is 13.3. The number of hydrogen-bond donors (Lipinski definition) is 3. The number of nitrogens with one attached hydrogen (secondary N) is 1. The van der Waals surface area contributed by atoms with Crippen molar-refractivity contribution in [2.24, 2.45) is 17.8 Å². The smallest absolute Gasteiger partial charge is 0.0897 e. The van der Waals surface area contributed by atoms with Crippen LogP contribution in [-0.4, -0.2) is 48.2 Å². The van der Waals surface area contributed by atoms with Gasteiger partial charge in [-0.3, -0.25) is 0 Å². The number of aliphatic hydroxyl groups excluding tert-OH is 2. The molecule has 4 heteroatoms. The molecule has 0 aromatic carbocycles. The molecule has 0 aliphatic heterocycles. The standard InChI is InChI=1S/C15H27NO3/c17-2-1-16-9-14(18)10-19-15-6-11-3-12(7-15)5-13(4-11)8-15/h11-14,16-18H,1-10H2. The van der Waals surface area contributed by atoms with Gasteiger partial charge in [-0.15, -0.1) is 0 Å². The molecule has 1 atom stereocenters. The molecule has 0 spiro atoms. The fourth-order valence-electron chi connectivity index (χ4n) is 4.89. The first-order chi connectivity index (χ1) is 9.19. The molecule has 0 aromatic rings. The summed E-state index contributed by atoms with van der Waals surface area (Å²) in [6, 6.07) is 0. The molecule has 110 valence electrons. The van der Waals surface area contributed by atoms with Gasteiger partial charge in [0.1, 0.15) is 0 Å². The van der Waals surface area contributed by atoms with Crippen LogP contribution in [0.1, 0.15) is 38.5 Å². The highest BCUT2D eigenvalue weighted by molar-refractivity contribution is 5.03. The summed E-state index contributed by atoms with van der Waals surface area (Å²) in [5, 5.41) is 21.6. The van der Waals surface area contributed by atoms with E-state index in [1.54, 1.807) is 0 Å². The zero-order valence-corrected chi connectivity index (χ0v) is 11.7. The maximum absolute atomic E-state index is 9.91. The van der Waals surface area contributed by atoms with Crippen molar-refractivity contribution in [2.45, 2.75) is 50.2 Å². The Kier molecular flexibility index (Phi) is 4.13. The van der Waals surface area contributed by atoms with Crippen LogP contribution in [0.2, 0.25) is 0 Å². The molecule has 19 heavy (non-hydrogen) atoms. The normalized spacial score (nSPS) is 41.7. The fourth-order valence-corrected chi connectivity index (χ4v) is 4.89. The summed E-state index contributed by atoms with van der Waals surface area (Å²) in [5.41, 5.74) is 0.0900. The van der Waals surface area contributed by atoms with E-state index in [4.69, 9.17) is 9.84 Å². The number of hydrogen-bond acceptors (Lipinski definition) is 4. The van der Waals surface area contributed by atoms with Gasteiger partial charge in [0.25, 0.3) is 0 Å². The van der Waals surface area contributed by atoms with E-state index in [2.05, 4.69) is 5.32 Å². The largest absolute Gasteiger partial charge is 0.395 e. The Labute approximate surface area is 115 Å². The first-order valence-electron chi connectivity index (χ1n) is 7.83. The van der Waals surface area contributed by atoms with Crippen LogP contribution in [0.5, 0.6) is 0 Å². The van der Waals surface area contributed by atoms with Crippen molar-refractivity contribution >= 4 is 0 Å². The first kappa shape index (κ1) is 13.8. The molecule has 4 nitrogen and oxygen atoms in total. The van der Waals surface area contributed by atoms with Gasteiger partial charge in [0, 0.05) is 13.1 Å². The molecule has 0 saturated heterocycles. The maximum Gasteiger partial charge on any atom is 0.0897 e. The number of rotatable bonds is 7. The zero-order valence-electron chi connectivity index (χ0n) is 11.7. The Morgan fingerprint density at radius 1 is 1.11 bits per heavy atom. The van der Waals surface area contributed by atoms with Gasteiger partial charge in [0.15, 0.2) is 0 Å².